The van der Waals surface area contributed by atoms with Crippen LogP contribution < -0.4 is 5.32 Å². The van der Waals surface area contributed by atoms with Crippen molar-refractivity contribution in [1.29, 1.82) is 5.26 Å². The summed E-state index contributed by atoms with van der Waals surface area (Å²) in [6.07, 6.45) is 1.48. The van der Waals surface area contributed by atoms with Crippen molar-refractivity contribution in [3.05, 3.63) is 59.6 Å². The minimum atomic E-state index is -1.14. The van der Waals surface area contributed by atoms with Gasteiger partial charge in [0.05, 0.1) is 6.26 Å². The molecule has 2 rings (SSSR count). The number of esters is 1. The normalized spacial score (nSPS) is 12.0. The van der Waals surface area contributed by atoms with Crippen molar-refractivity contribution < 1.29 is 23.5 Å². The van der Waals surface area contributed by atoms with E-state index in [1.807, 2.05) is 0 Å². The van der Waals surface area contributed by atoms with Crippen molar-refractivity contribution in [2.75, 3.05) is 5.32 Å². The number of anilines is 1. The van der Waals surface area contributed by atoms with E-state index in [1.54, 1.807) is 36.4 Å². The summed E-state index contributed by atoms with van der Waals surface area (Å²) >= 11 is 0. The molecular weight excluding hydrogens is 336 g/mol. The molecular formula is C19H16N2O5. The average molecular weight is 352 g/mol. The molecule has 0 radical (unpaired) electrons. The minimum Gasteiger partial charge on any atom is -0.465 e. The van der Waals surface area contributed by atoms with Crippen LogP contribution in [0.2, 0.25) is 0 Å². The molecule has 0 aliphatic rings. The van der Waals surface area contributed by atoms with E-state index in [-0.39, 0.29) is 11.4 Å². The van der Waals surface area contributed by atoms with E-state index in [0.717, 1.165) is 0 Å². The van der Waals surface area contributed by atoms with Gasteiger partial charge in [-0.25, -0.2) is 4.79 Å². The van der Waals surface area contributed by atoms with E-state index >= 15 is 0 Å². The number of furan rings is 1. The van der Waals surface area contributed by atoms with Crippen LogP contribution in [0.4, 0.5) is 5.69 Å². The first kappa shape index (κ1) is 18.7. The molecule has 0 spiro atoms. The Morgan fingerprint density at radius 1 is 1.27 bits per heavy atom. The van der Waals surface area contributed by atoms with Gasteiger partial charge in [-0.3, -0.25) is 9.59 Å². The molecule has 1 aromatic carbocycles. The lowest BCUT2D eigenvalue weighted by molar-refractivity contribution is -0.148. The number of rotatable bonds is 6. The summed E-state index contributed by atoms with van der Waals surface area (Å²) in [4.78, 5) is 35.6. The van der Waals surface area contributed by atoms with Crippen LogP contribution in [0.3, 0.4) is 0 Å². The van der Waals surface area contributed by atoms with Crippen molar-refractivity contribution in [2.24, 2.45) is 0 Å². The predicted octanol–water partition coefficient (Wildman–Crippen LogP) is 2.96. The second-order valence-corrected chi connectivity index (χ2v) is 5.36. The number of hydrogen-bond acceptors (Lipinski definition) is 6. The molecule has 26 heavy (non-hydrogen) atoms. The number of carbonyl (C=O) groups is 3. The molecule has 1 heterocycles. The number of ether oxygens (including phenoxy) is 1. The van der Waals surface area contributed by atoms with Crippen LogP contribution in [0.1, 0.15) is 30.0 Å². The third-order valence-electron chi connectivity index (χ3n) is 3.36. The van der Waals surface area contributed by atoms with Gasteiger partial charge in [-0.05, 0) is 38.1 Å². The van der Waals surface area contributed by atoms with E-state index in [9.17, 15) is 14.4 Å². The molecule has 1 amide bonds. The largest absolute Gasteiger partial charge is 0.465 e. The molecule has 2 aromatic rings. The Hall–Kier alpha value is -3.66. The highest BCUT2D eigenvalue weighted by atomic mass is 16.5. The number of ketones is 1. The third-order valence-corrected chi connectivity index (χ3v) is 3.36. The first-order chi connectivity index (χ1) is 12.4. The van der Waals surface area contributed by atoms with Gasteiger partial charge in [0.2, 0.25) is 0 Å². The highest BCUT2D eigenvalue weighted by Crippen LogP contribution is 2.13. The topological polar surface area (TPSA) is 109 Å². The Morgan fingerprint density at radius 2 is 2.04 bits per heavy atom. The molecule has 0 bridgehead atoms. The van der Waals surface area contributed by atoms with E-state index in [4.69, 9.17) is 14.4 Å². The summed E-state index contributed by atoms with van der Waals surface area (Å²) in [6, 6.07) is 11.3. The van der Waals surface area contributed by atoms with Crippen LogP contribution in [-0.4, -0.2) is 23.8 Å². The van der Waals surface area contributed by atoms with Crippen LogP contribution >= 0.6 is 0 Å². The van der Waals surface area contributed by atoms with Gasteiger partial charge >= 0.3 is 5.97 Å². The van der Waals surface area contributed by atoms with Crippen LogP contribution in [-0.2, 0) is 14.3 Å². The third kappa shape index (κ3) is 4.92. The Balaban J connectivity index is 2.02. The summed E-state index contributed by atoms with van der Waals surface area (Å²) in [5.74, 6) is -1.35. The zero-order chi connectivity index (χ0) is 19.1. The summed E-state index contributed by atoms with van der Waals surface area (Å²) in [5.41, 5.74) is 0.552. The number of benzene rings is 1. The summed E-state index contributed by atoms with van der Waals surface area (Å²) in [5, 5.41) is 11.6. The second kappa shape index (κ2) is 8.44. The molecule has 0 fully saturated rings. The molecule has 0 aliphatic carbocycles. The zero-order valence-electron chi connectivity index (χ0n) is 14.2. The molecule has 0 unspecified atom stereocenters. The number of Topliss-reactive ketones (excluding diaryl/α,β-unsaturated/α-hetero) is 1. The van der Waals surface area contributed by atoms with Crippen LogP contribution in [0.15, 0.2) is 52.7 Å². The number of carbonyl (C=O) groups excluding carboxylic acids is 3. The van der Waals surface area contributed by atoms with Crippen LogP contribution in [0, 0.1) is 11.3 Å². The minimum absolute atomic E-state index is 0.137. The van der Waals surface area contributed by atoms with E-state index in [0.29, 0.717) is 17.0 Å². The van der Waals surface area contributed by atoms with Gasteiger partial charge in [0.25, 0.3) is 5.91 Å². The predicted molar refractivity (Wildman–Crippen MR) is 92.9 cm³/mol. The van der Waals surface area contributed by atoms with E-state index in [2.05, 4.69) is 5.32 Å². The van der Waals surface area contributed by atoms with Crippen molar-refractivity contribution >= 4 is 29.4 Å². The fourth-order valence-corrected chi connectivity index (χ4v) is 1.99. The molecule has 7 heteroatoms. The molecule has 0 aliphatic heterocycles. The highest BCUT2D eigenvalue weighted by molar-refractivity contribution is 6.01. The average Bonchev–Trinajstić information content (AvgIpc) is 3.12. The van der Waals surface area contributed by atoms with Crippen molar-refractivity contribution in [3.63, 3.8) is 0 Å². The fourth-order valence-electron chi connectivity index (χ4n) is 1.99. The van der Waals surface area contributed by atoms with Gasteiger partial charge in [-0.2, -0.15) is 5.26 Å². The Morgan fingerprint density at radius 3 is 2.65 bits per heavy atom. The molecule has 1 aromatic heterocycles. The fraction of sp³-hybridized carbons (Fsp3) is 0.158. The van der Waals surface area contributed by atoms with Gasteiger partial charge in [0.1, 0.15) is 17.4 Å². The first-order valence-corrected chi connectivity index (χ1v) is 7.69. The standard InChI is InChI=1S/C19H16N2O5/c1-12(22)14-5-3-6-16(9-14)21-18(23)13(2)26-19(24)15(11-20)10-17-7-4-8-25-17/h3-10,13H,1-2H3,(H,21,23)/b15-10+/t13-/m1/s1. The van der Waals surface area contributed by atoms with E-state index < -0.39 is 18.0 Å². The SMILES string of the molecule is CC(=O)c1cccc(NC(=O)[C@@H](C)OC(=O)/C(C#N)=C/c2ccco2)c1. The maximum Gasteiger partial charge on any atom is 0.349 e. The van der Waals surface area contributed by atoms with Gasteiger partial charge in [0, 0.05) is 17.3 Å². The van der Waals surface area contributed by atoms with E-state index in [1.165, 1.54) is 32.3 Å². The van der Waals surface area contributed by atoms with Crippen molar-refractivity contribution in [1.82, 2.24) is 0 Å². The highest BCUT2D eigenvalue weighted by Gasteiger charge is 2.21. The molecule has 0 saturated carbocycles. The molecule has 1 atom stereocenters. The van der Waals surface area contributed by atoms with Gasteiger partial charge in [0.15, 0.2) is 11.9 Å². The lowest BCUT2D eigenvalue weighted by atomic mass is 10.1. The first-order valence-electron chi connectivity index (χ1n) is 7.69. The maximum absolute atomic E-state index is 12.2. The van der Waals surface area contributed by atoms with Gasteiger partial charge in [-0.1, -0.05) is 12.1 Å². The van der Waals surface area contributed by atoms with Crippen LogP contribution in [0.5, 0.6) is 0 Å². The maximum atomic E-state index is 12.2. The quantitative estimate of drug-likeness (QED) is 0.370. The number of nitriles is 1. The zero-order valence-corrected chi connectivity index (χ0v) is 14.2. The molecule has 132 valence electrons. The number of amides is 1. The number of hydrogen-bond donors (Lipinski definition) is 1. The Bertz CT molecular complexity index is 891. The van der Waals surface area contributed by atoms with Crippen LogP contribution in [0.25, 0.3) is 6.08 Å². The van der Waals surface area contributed by atoms with Crippen molar-refractivity contribution in [3.8, 4) is 6.07 Å². The molecule has 7 nitrogen and oxygen atoms in total. The Labute approximate surface area is 149 Å². The summed E-state index contributed by atoms with van der Waals surface area (Å²) in [6.45, 7) is 2.80. The Kier molecular flexibility index (Phi) is 6.06. The summed E-state index contributed by atoms with van der Waals surface area (Å²) in [7, 11) is 0. The van der Waals surface area contributed by atoms with Gasteiger partial charge in [-0.15, -0.1) is 0 Å². The lowest BCUT2D eigenvalue weighted by Gasteiger charge is -2.13. The molecule has 0 saturated heterocycles. The smallest absolute Gasteiger partial charge is 0.349 e. The second-order valence-electron chi connectivity index (χ2n) is 5.36. The number of nitrogens with zero attached hydrogens (tertiary/aromatic N) is 1. The number of nitrogens with one attached hydrogen (secondary N) is 1. The van der Waals surface area contributed by atoms with Gasteiger partial charge < -0.3 is 14.5 Å². The monoisotopic (exact) mass is 352 g/mol. The lowest BCUT2D eigenvalue weighted by Crippen LogP contribution is -2.30. The molecule has 1 N–H and O–H groups in total. The summed E-state index contributed by atoms with van der Waals surface area (Å²) < 4.78 is 10.0. The van der Waals surface area contributed by atoms with Crippen molar-refractivity contribution in [2.45, 2.75) is 20.0 Å².